The third-order valence-corrected chi connectivity index (χ3v) is 7.43. The van der Waals surface area contributed by atoms with Crippen molar-refractivity contribution < 1.29 is 22.6 Å². The lowest BCUT2D eigenvalue weighted by molar-refractivity contribution is -0.0252. The van der Waals surface area contributed by atoms with E-state index >= 15 is 0 Å². The van der Waals surface area contributed by atoms with Gasteiger partial charge in [0, 0.05) is 50.7 Å². The molecule has 2 aliphatic heterocycles. The van der Waals surface area contributed by atoms with E-state index in [1.54, 1.807) is 12.4 Å². The molecule has 0 N–H and O–H groups in total. The van der Waals surface area contributed by atoms with E-state index in [2.05, 4.69) is 39.1 Å². The minimum atomic E-state index is -3.28. The Labute approximate surface area is 204 Å². The summed E-state index contributed by atoms with van der Waals surface area (Å²) >= 11 is 0. The molecule has 35 heavy (non-hydrogen) atoms. The first-order chi connectivity index (χ1) is 17.0. The molecule has 3 aromatic rings. The van der Waals surface area contributed by atoms with Gasteiger partial charge in [0.25, 0.3) is 0 Å². The van der Waals surface area contributed by atoms with E-state index in [1.807, 2.05) is 6.07 Å². The number of aromatic nitrogens is 3. The number of ether oxygens (including phenoxy) is 3. The molecule has 0 radical (unpaired) electrons. The zero-order valence-electron chi connectivity index (χ0n) is 19.7. The number of hydrogen-bond acceptors (Lipinski definition) is 9. The number of rotatable bonds is 7. The first-order valence-corrected chi connectivity index (χ1v) is 13.5. The van der Waals surface area contributed by atoms with Crippen LogP contribution in [0.2, 0.25) is 0 Å². The monoisotopic (exact) mass is 499 g/mol. The normalized spacial score (nSPS) is 20.2. The van der Waals surface area contributed by atoms with E-state index in [-0.39, 0.29) is 13.2 Å². The van der Waals surface area contributed by atoms with Gasteiger partial charge in [0.05, 0.1) is 37.3 Å². The van der Waals surface area contributed by atoms with Crippen LogP contribution in [0, 0.1) is 0 Å². The predicted molar refractivity (Wildman–Crippen MR) is 131 cm³/mol. The van der Waals surface area contributed by atoms with Crippen molar-refractivity contribution in [2.24, 2.45) is 0 Å². The van der Waals surface area contributed by atoms with Crippen molar-refractivity contribution in [1.29, 1.82) is 0 Å². The summed E-state index contributed by atoms with van der Waals surface area (Å²) in [5.74, 6) is 0.350. The highest BCUT2D eigenvalue weighted by molar-refractivity contribution is 7.88. The van der Waals surface area contributed by atoms with Crippen LogP contribution >= 0.6 is 0 Å². The van der Waals surface area contributed by atoms with E-state index < -0.39 is 16.1 Å². The van der Waals surface area contributed by atoms with Crippen LogP contribution in [0.15, 0.2) is 42.7 Å². The number of fused-ring (bicyclic) bond motifs is 1. The summed E-state index contributed by atoms with van der Waals surface area (Å²) in [5, 5.41) is 0. The molecule has 0 amide bonds. The quantitative estimate of drug-likeness (QED) is 0.479. The molecule has 2 fully saturated rings. The second-order valence-corrected chi connectivity index (χ2v) is 10.7. The Bertz CT molecular complexity index is 1270. The molecular formula is C24H29N5O5S. The van der Waals surface area contributed by atoms with Gasteiger partial charge in [0.15, 0.2) is 5.52 Å². The molecule has 0 bridgehead atoms. The van der Waals surface area contributed by atoms with Crippen molar-refractivity contribution in [3.8, 4) is 17.1 Å². The third kappa shape index (κ3) is 5.93. The van der Waals surface area contributed by atoms with Crippen molar-refractivity contribution in [2.75, 3.05) is 58.9 Å². The number of pyridine rings is 1. The maximum Gasteiger partial charge on any atom is 0.242 e. The van der Waals surface area contributed by atoms with Crippen molar-refractivity contribution in [3.63, 3.8) is 0 Å². The van der Waals surface area contributed by atoms with Crippen LogP contribution in [-0.4, -0.2) is 97.5 Å². The molecule has 5 rings (SSSR count). The number of morpholine rings is 2. The fourth-order valence-corrected chi connectivity index (χ4v) is 5.10. The van der Waals surface area contributed by atoms with Gasteiger partial charge in [0.1, 0.15) is 12.7 Å². The molecule has 4 heterocycles. The average molecular weight is 500 g/mol. The zero-order chi connectivity index (χ0) is 24.3. The largest absolute Gasteiger partial charge is 0.473 e. The zero-order valence-corrected chi connectivity index (χ0v) is 20.5. The molecule has 10 nitrogen and oxygen atoms in total. The van der Waals surface area contributed by atoms with Gasteiger partial charge in [-0.25, -0.2) is 18.4 Å². The molecule has 0 aliphatic carbocycles. The first kappa shape index (κ1) is 24.0. The Kier molecular flexibility index (Phi) is 7.21. The van der Waals surface area contributed by atoms with E-state index in [1.165, 1.54) is 16.1 Å². The SMILES string of the molecule is CS(=O)(=O)N1CCO[C@H](COc2nc(-c3ccc(CN4CCOCC4)cc3)cc3nccnc23)C1. The molecule has 1 aromatic carbocycles. The lowest BCUT2D eigenvalue weighted by atomic mass is 10.1. The Balaban J connectivity index is 1.34. The van der Waals surface area contributed by atoms with E-state index in [4.69, 9.17) is 19.2 Å². The van der Waals surface area contributed by atoms with Crippen molar-refractivity contribution in [3.05, 3.63) is 48.3 Å². The van der Waals surface area contributed by atoms with Gasteiger partial charge in [-0.2, -0.15) is 4.31 Å². The molecule has 0 unspecified atom stereocenters. The minimum absolute atomic E-state index is 0.159. The van der Waals surface area contributed by atoms with Crippen LogP contribution in [0.4, 0.5) is 0 Å². The van der Waals surface area contributed by atoms with Gasteiger partial charge in [-0.3, -0.25) is 9.88 Å². The number of hydrogen-bond donors (Lipinski definition) is 0. The molecular weight excluding hydrogens is 470 g/mol. The van der Waals surface area contributed by atoms with Gasteiger partial charge < -0.3 is 14.2 Å². The van der Waals surface area contributed by atoms with Crippen molar-refractivity contribution >= 4 is 21.1 Å². The van der Waals surface area contributed by atoms with Crippen LogP contribution < -0.4 is 4.74 Å². The Morgan fingerprint density at radius 2 is 1.83 bits per heavy atom. The summed E-state index contributed by atoms with van der Waals surface area (Å²) in [7, 11) is -3.28. The Morgan fingerprint density at radius 3 is 2.60 bits per heavy atom. The van der Waals surface area contributed by atoms with E-state index in [0.717, 1.165) is 44.1 Å². The minimum Gasteiger partial charge on any atom is -0.473 e. The van der Waals surface area contributed by atoms with Gasteiger partial charge in [-0.05, 0) is 11.6 Å². The van der Waals surface area contributed by atoms with Crippen LogP contribution in [0.25, 0.3) is 22.3 Å². The van der Waals surface area contributed by atoms with Crippen LogP contribution in [0.5, 0.6) is 5.88 Å². The fraction of sp³-hybridized carbons (Fsp3) is 0.458. The van der Waals surface area contributed by atoms with E-state index in [0.29, 0.717) is 30.1 Å². The Morgan fingerprint density at radius 1 is 1.06 bits per heavy atom. The first-order valence-electron chi connectivity index (χ1n) is 11.7. The fourth-order valence-electron chi connectivity index (χ4n) is 4.26. The third-order valence-electron chi connectivity index (χ3n) is 6.16. The average Bonchev–Trinajstić information content (AvgIpc) is 2.88. The van der Waals surface area contributed by atoms with Crippen molar-refractivity contribution in [2.45, 2.75) is 12.6 Å². The molecule has 2 aliphatic rings. The summed E-state index contributed by atoms with van der Waals surface area (Å²) in [5.41, 5.74) is 4.14. The lowest BCUT2D eigenvalue weighted by Gasteiger charge is -2.30. The second kappa shape index (κ2) is 10.5. The molecule has 2 aromatic heterocycles. The molecule has 0 spiro atoms. The summed E-state index contributed by atoms with van der Waals surface area (Å²) in [6.45, 7) is 5.41. The van der Waals surface area contributed by atoms with Crippen molar-refractivity contribution in [1.82, 2.24) is 24.2 Å². The summed E-state index contributed by atoms with van der Waals surface area (Å²) < 4.78 is 42.4. The number of nitrogens with zero attached hydrogens (tertiary/aromatic N) is 5. The smallest absolute Gasteiger partial charge is 0.242 e. The maximum absolute atomic E-state index is 11.9. The number of benzene rings is 1. The van der Waals surface area contributed by atoms with Gasteiger partial charge in [-0.15, -0.1) is 0 Å². The summed E-state index contributed by atoms with van der Waals surface area (Å²) in [4.78, 5) is 16.0. The van der Waals surface area contributed by atoms with Gasteiger partial charge in [-0.1, -0.05) is 24.3 Å². The molecule has 186 valence electrons. The molecule has 0 saturated carbocycles. The molecule has 1 atom stereocenters. The summed E-state index contributed by atoms with van der Waals surface area (Å²) in [6.07, 6.45) is 4.04. The topological polar surface area (TPSA) is 107 Å². The highest BCUT2D eigenvalue weighted by atomic mass is 32.2. The molecule has 11 heteroatoms. The lowest BCUT2D eigenvalue weighted by Crippen LogP contribution is -2.47. The highest BCUT2D eigenvalue weighted by Crippen LogP contribution is 2.27. The highest BCUT2D eigenvalue weighted by Gasteiger charge is 2.27. The second-order valence-electron chi connectivity index (χ2n) is 8.75. The maximum atomic E-state index is 11.9. The Hall–Kier alpha value is -2.70. The van der Waals surface area contributed by atoms with Crippen LogP contribution in [0.3, 0.4) is 0 Å². The van der Waals surface area contributed by atoms with Gasteiger partial charge in [0.2, 0.25) is 15.9 Å². The molecule has 2 saturated heterocycles. The van der Waals surface area contributed by atoms with E-state index in [9.17, 15) is 8.42 Å². The van der Waals surface area contributed by atoms with Crippen LogP contribution in [-0.2, 0) is 26.0 Å². The standard InChI is InChI=1S/C24H29N5O5S/c1-35(30,31)29-10-13-33-20(16-29)17-34-24-23-22(25-6-7-26-23)14-21(27-24)19-4-2-18(3-5-19)15-28-8-11-32-12-9-28/h2-7,14,20H,8-13,15-17H2,1H3/t20-/m0/s1. The van der Waals surface area contributed by atoms with Gasteiger partial charge >= 0.3 is 0 Å². The van der Waals surface area contributed by atoms with Crippen LogP contribution in [0.1, 0.15) is 5.56 Å². The predicted octanol–water partition coefficient (Wildman–Crippen LogP) is 1.56. The number of sulfonamides is 1. The summed E-state index contributed by atoms with van der Waals surface area (Å²) in [6, 6.07) is 10.2.